The van der Waals surface area contributed by atoms with E-state index in [1.165, 1.54) is 6.33 Å². The zero-order chi connectivity index (χ0) is 10.4. The summed E-state index contributed by atoms with van der Waals surface area (Å²) in [6.45, 7) is 2.30. The normalized spacial score (nSPS) is 12.4. The van der Waals surface area contributed by atoms with Gasteiger partial charge < -0.3 is 15.2 Å². The van der Waals surface area contributed by atoms with Crippen molar-refractivity contribution in [1.29, 1.82) is 0 Å². The molecule has 0 fully saturated rings. The third-order valence-corrected chi connectivity index (χ3v) is 1.87. The molecule has 1 amide bonds. The molecule has 0 radical (unpaired) electrons. The van der Waals surface area contributed by atoms with Gasteiger partial charge in [0.05, 0.1) is 6.04 Å². The van der Waals surface area contributed by atoms with Gasteiger partial charge in [-0.05, 0) is 14.0 Å². The number of likely N-dealkylation sites (N-methyl/N-ethyl adjacent to an activating group) is 1. The summed E-state index contributed by atoms with van der Waals surface area (Å²) in [4.78, 5) is 15.1. The Kier molecular flexibility index (Phi) is 4.06. The second kappa shape index (κ2) is 5.33. The molecule has 1 aromatic rings. The van der Waals surface area contributed by atoms with Crippen LogP contribution in [0.2, 0.25) is 0 Å². The minimum Gasteiger partial charge on any atom is -0.354 e. The molecule has 1 unspecified atom stereocenters. The number of hydrogen-bond acceptors (Lipinski definition) is 5. The van der Waals surface area contributed by atoms with Crippen molar-refractivity contribution in [1.82, 2.24) is 20.8 Å². The maximum Gasteiger partial charge on any atom is 0.236 e. The molecule has 0 aliphatic carbocycles. The van der Waals surface area contributed by atoms with E-state index in [4.69, 9.17) is 4.52 Å². The van der Waals surface area contributed by atoms with Gasteiger partial charge in [-0.2, -0.15) is 4.98 Å². The van der Waals surface area contributed by atoms with Crippen molar-refractivity contribution in [2.45, 2.75) is 19.4 Å². The molecule has 1 atom stereocenters. The van der Waals surface area contributed by atoms with Gasteiger partial charge in [0.2, 0.25) is 11.8 Å². The third kappa shape index (κ3) is 3.14. The molecule has 1 rings (SSSR count). The quantitative estimate of drug-likeness (QED) is 0.656. The molecule has 1 aromatic heterocycles. The Morgan fingerprint density at radius 1 is 1.71 bits per heavy atom. The molecule has 14 heavy (non-hydrogen) atoms. The smallest absolute Gasteiger partial charge is 0.236 e. The molecule has 0 aliphatic heterocycles. The van der Waals surface area contributed by atoms with E-state index in [9.17, 15) is 4.79 Å². The number of nitrogens with one attached hydrogen (secondary N) is 2. The highest BCUT2D eigenvalue weighted by atomic mass is 16.5. The van der Waals surface area contributed by atoms with Crippen LogP contribution in [0.1, 0.15) is 12.8 Å². The fourth-order valence-electron chi connectivity index (χ4n) is 0.883. The Morgan fingerprint density at radius 3 is 3.07 bits per heavy atom. The predicted octanol–water partition coefficient (Wildman–Crippen LogP) is -0.664. The highest BCUT2D eigenvalue weighted by Crippen LogP contribution is 1.90. The van der Waals surface area contributed by atoms with Crippen LogP contribution >= 0.6 is 0 Å². The predicted molar refractivity (Wildman–Crippen MR) is 49.5 cm³/mol. The number of amides is 1. The van der Waals surface area contributed by atoms with E-state index in [0.717, 1.165) is 0 Å². The maximum absolute atomic E-state index is 11.3. The Hall–Kier alpha value is -1.43. The van der Waals surface area contributed by atoms with Crippen LogP contribution in [0.25, 0.3) is 0 Å². The minimum absolute atomic E-state index is 0.0352. The molecule has 6 nitrogen and oxygen atoms in total. The standard InChI is InChI=1S/C8H14N4O2/c1-6(9-2)8(13)10-4-3-7-11-5-12-14-7/h5-6,9H,3-4H2,1-2H3,(H,10,13). The van der Waals surface area contributed by atoms with Gasteiger partial charge in [-0.25, -0.2) is 0 Å². The van der Waals surface area contributed by atoms with Crippen LogP contribution in [-0.4, -0.2) is 35.7 Å². The summed E-state index contributed by atoms with van der Waals surface area (Å²) >= 11 is 0. The van der Waals surface area contributed by atoms with Crippen molar-refractivity contribution >= 4 is 5.91 Å². The lowest BCUT2D eigenvalue weighted by Crippen LogP contribution is -2.41. The summed E-state index contributed by atoms with van der Waals surface area (Å²) in [6, 6.07) is -0.183. The van der Waals surface area contributed by atoms with Crippen LogP contribution in [0, 0.1) is 0 Å². The summed E-state index contributed by atoms with van der Waals surface area (Å²) in [5.41, 5.74) is 0. The number of rotatable bonds is 5. The van der Waals surface area contributed by atoms with E-state index >= 15 is 0 Å². The van der Waals surface area contributed by atoms with E-state index in [1.54, 1.807) is 14.0 Å². The van der Waals surface area contributed by atoms with Crippen LogP contribution in [-0.2, 0) is 11.2 Å². The SMILES string of the molecule is CNC(C)C(=O)NCCc1ncno1. The average molecular weight is 198 g/mol. The summed E-state index contributed by atoms with van der Waals surface area (Å²) in [5, 5.41) is 9.05. The van der Waals surface area contributed by atoms with Gasteiger partial charge in [-0.15, -0.1) is 0 Å². The first-order valence-electron chi connectivity index (χ1n) is 4.44. The molecule has 0 saturated heterocycles. The first-order chi connectivity index (χ1) is 6.74. The van der Waals surface area contributed by atoms with Gasteiger partial charge in [-0.3, -0.25) is 4.79 Å². The fourth-order valence-corrected chi connectivity index (χ4v) is 0.883. The zero-order valence-electron chi connectivity index (χ0n) is 8.28. The van der Waals surface area contributed by atoms with Crippen molar-refractivity contribution in [2.75, 3.05) is 13.6 Å². The molecule has 0 bridgehead atoms. The van der Waals surface area contributed by atoms with Crippen LogP contribution in [0.15, 0.2) is 10.9 Å². The molecule has 78 valence electrons. The Labute approximate surface area is 82.1 Å². The first-order valence-corrected chi connectivity index (χ1v) is 4.44. The van der Waals surface area contributed by atoms with Crippen molar-refractivity contribution in [3.8, 4) is 0 Å². The number of aromatic nitrogens is 2. The van der Waals surface area contributed by atoms with Gasteiger partial charge in [0, 0.05) is 13.0 Å². The van der Waals surface area contributed by atoms with E-state index < -0.39 is 0 Å². The number of carbonyl (C=O) groups is 1. The van der Waals surface area contributed by atoms with E-state index in [1.807, 2.05) is 0 Å². The highest BCUT2D eigenvalue weighted by Gasteiger charge is 2.09. The highest BCUT2D eigenvalue weighted by molar-refractivity contribution is 5.81. The lowest BCUT2D eigenvalue weighted by Gasteiger charge is -2.09. The topological polar surface area (TPSA) is 80.0 Å². The zero-order valence-corrected chi connectivity index (χ0v) is 8.28. The maximum atomic E-state index is 11.3. The second-order valence-corrected chi connectivity index (χ2v) is 2.89. The molecular formula is C8H14N4O2. The second-order valence-electron chi connectivity index (χ2n) is 2.89. The average Bonchev–Trinajstić information content (AvgIpc) is 2.69. The van der Waals surface area contributed by atoms with Gasteiger partial charge in [0.25, 0.3) is 0 Å². The van der Waals surface area contributed by atoms with Gasteiger partial charge in [0.15, 0.2) is 6.33 Å². The fraction of sp³-hybridized carbons (Fsp3) is 0.625. The Morgan fingerprint density at radius 2 is 2.50 bits per heavy atom. The van der Waals surface area contributed by atoms with Gasteiger partial charge >= 0.3 is 0 Å². The molecule has 0 spiro atoms. The van der Waals surface area contributed by atoms with Gasteiger partial charge in [0.1, 0.15) is 0 Å². The van der Waals surface area contributed by atoms with Crippen LogP contribution in [0.4, 0.5) is 0 Å². The molecule has 6 heteroatoms. The molecule has 0 aliphatic rings. The number of nitrogens with zero attached hydrogens (tertiary/aromatic N) is 2. The molecule has 0 saturated carbocycles. The Bertz CT molecular complexity index is 273. The van der Waals surface area contributed by atoms with E-state index in [2.05, 4.69) is 20.8 Å². The minimum atomic E-state index is -0.183. The largest absolute Gasteiger partial charge is 0.354 e. The molecule has 0 aromatic carbocycles. The third-order valence-electron chi connectivity index (χ3n) is 1.87. The summed E-state index contributed by atoms with van der Waals surface area (Å²) in [6.07, 6.45) is 1.90. The lowest BCUT2D eigenvalue weighted by atomic mass is 10.3. The van der Waals surface area contributed by atoms with E-state index in [-0.39, 0.29) is 11.9 Å². The van der Waals surface area contributed by atoms with E-state index in [0.29, 0.717) is 18.9 Å². The number of hydrogen-bond donors (Lipinski definition) is 2. The van der Waals surface area contributed by atoms with Gasteiger partial charge in [-0.1, -0.05) is 5.16 Å². The van der Waals surface area contributed by atoms with Crippen molar-refractivity contribution in [3.63, 3.8) is 0 Å². The summed E-state index contributed by atoms with van der Waals surface area (Å²) in [5.74, 6) is 0.495. The lowest BCUT2D eigenvalue weighted by molar-refractivity contribution is -0.122. The monoisotopic (exact) mass is 198 g/mol. The van der Waals surface area contributed by atoms with Crippen molar-refractivity contribution in [2.24, 2.45) is 0 Å². The van der Waals surface area contributed by atoms with Crippen LogP contribution in [0.5, 0.6) is 0 Å². The Balaban J connectivity index is 2.18. The molecule has 1 heterocycles. The van der Waals surface area contributed by atoms with Crippen LogP contribution in [0.3, 0.4) is 0 Å². The van der Waals surface area contributed by atoms with Crippen molar-refractivity contribution in [3.05, 3.63) is 12.2 Å². The summed E-state index contributed by atoms with van der Waals surface area (Å²) < 4.78 is 4.77. The number of carbonyl (C=O) groups excluding carboxylic acids is 1. The van der Waals surface area contributed by atoms with Crippen molar-refractivity contribution < 1.29 is 9.32 Å². The first kappa shape index (κ1) is 10.6. The summed E-state index contributed by atoms with van der Waals surface area (Å²) in [7, 11) is 1.74. The molecular weight excluding hydrogens is 184 g/mol. The molecule has 2 N–H and O–H groups in total. The van der Waals surface area contributed by atoms with Crippen LogP contribution < -0.4 is 10.6 Å².